The molecule has 5 atom stereocenters. The number of carboxylic acid groups (broad SMARTS) is 1. The summed E-state index contributed by atoms with van der Waals surface area (Å²) in [6.07, 6.45) is 0.00482. The van der Waals surface area contributed by atoms with Crippen molar-refractivity contribution in [2.75, 3.05) is 13.1 Å². The van der Waals surface area contributed by atoms with Gasteiger partial charge in [-0.1, -0.05) is 12.1 Å². The van der Waals surface area contributed by atoms with E-state index in [4.69, 9.17) is 17.2 Å². The Morgan fingerprint density at radius 2 is 1.82 bits per heavy atom. The zero-order valence-corrected chi connectivity index (χ0v) is 21.2. The highest BCUT2D eigenvalue weighted by atomic mass is 16.4. The van der Waals surface area contributed by atoms with Gasteiger partial charge in [0.15, 0.2) is 5.96 Å². The van der Waals surface area contributed by atoms with Crippen LogP contribution in [0.3, 0.4) is 0 Å². The molecule has 0 bridgehead atoms. The van der Waals surface area contributed by atoms with Crippen LogP contribution >= 0.6 is 0 Å². The number of nitrogens with zero attached hydrogens (tertiary/aromatic N) is 2. The number of rotatable bonds is 13. The highest BCUT2D eigenvalue weighted by molar-refractivity contribution is 5.94. The molecular formula is C24H37N7O7. The minimum Gasteiger partial charge on any atom is -0.508 e. The zero-order chi connectivity index (χ0) is 28.4. The molecule has 0 spiro atoms. The number of benzene rings is 1. The molecule has 0 aliphatic carbocycles. The molecule has 11 N–H and O–H groups in total. The molecule has 1 fully saturated rings. The van der Waals surface area contributed by atoms with Gasteiger partial charge in [0.1, 0.15) is 23.9 Å². The Morgan fingerprint density at radius 1 is 1.16 bits per heavy atom. The van der Waals surface area contributed by atoms with Crippen LogP contribution in [0.1, 0.15) is 38.2 Å². The first-order valence-corrected chi connectivity index (χ1v) is 12.3. The number of aliphatic hydroxyl groups excluding tert-OH is 1. The van der Waals surface area contributed by atoms with Crippen LogP contribution in [0.15, 0.2) is 29.3 Å². The van der Waals surface area contributed by atoms with E-state index >= 15 is 0 Å². The first-order chi connectivity index (χ1) is 17.9. The maximum absolute atomic E-state index is 13.1. The van der Waals surface area contributed by atoms with Gasteiger partial charge in [-0.05, 0) is 56.7 Å². The molecule has 14 heteroatoms. The number of aliphatic carboxylic acids is 1. The lowest BCUT2D eigenvalue weighted by Gasteiger charge is -2.29. The van der Waals surface area contributed by atoms with Gasteiger partial charge in [-0.25, -0.2) is 4.79 Å². The molecule has 1 aliphatic rings. The second-order valence-corrected chi connectivity index (χ2v) is 9.24. The molecule has 1 aliphatic heterocycles. The van der Waals surface area contributed by atoms with Crippen LogP contribution in [-0.4, -0.2) is 93.2 Å². The molecule has 1 heterocycles. The number of likely N-dealkylation sites (tertiary alicyclic amines) is 1. The lowest BCUT2D eigenvalue weighted by molar-refractivity contribution is -0.144. The third kappa shape index (κ3) is 8.88. The molecule has 1 aromatic carbocycles. The van der Waals surface area contributed by atoms with Crippen molar-refractivity contribution < 1.29 is 34.5 Å². The SMILES string of the molecule is CC(O)C(NC(=O)C1CCCN1C(=O)C(N)Cc1ccc(O)cc1)C(=O)NC(CCCN=C(N)N)C(=O)O. The lowest BCUT2D eigenvalue weighted by atomic mass is 10.0. The summed E-state index contributed by atoms with van der Waals surface area (Å²) in [5, 5.41) is 33.8. The summed E-state index contributed by atoms with van der Waals surface area (Å²) in [5.74, 6) is -3.34. The number of hydrogen-bond acceptors (Lipinski definition) is 8. The third-order valence-corrected chi connectivity index (χ3v) is 6.17. The summed E-state index contributed by atoms with van der Waals surface area (Å²) < 4.78 is 0. The number of carboxylic acids is 1. The maximum Gasteiger partial charge on any atom is 0.326 e. The summed E-state index contributed by atoms with van der Waals surface area (Å²) >= 11 is 0. The molecule has 1 saturated heterocycles. The fourth-order valence-electron chi connectivity index (χ4n) is 4.17. The van der Waals surface area contributed by atoms with E-state index in [2.05, 4.69) is 15.6 Å². The van der Waals surface area contributed by atoms with Gasteiger partial charge in [-0.3, -0.25) is 19.4 Å². The third-order valence-electron chi connectivity index (χ3n) is 6.17. The summed E-state index contributed by atoms with van der Waals surface area (Å²) in [7, 11) is 0. The fourth-order valence-corrected chi connectivity index (χ4v) is 4.17. The van der Waals surface area contributed by atoms with E-state index in [1.165, 1.54) is 24.0 Å². The van der Waals surface area contributed by atoms with Crippen molar-refractivity contribution in [2.45, 2.75) is 69.3 Å². The van der Waals surface area contributed by atoms with Crippen LogP contribution in [-0.2, 0) is 25.6 Å². The molecule has 0 saturated carbocycles. The molecule has 14 nitrogen and oxygen atoms in total. The van der Waals surface area contributed by atoms with Crippen molar-refractivity contribution in [1.82, 2.24) is 15.5 Å². The number of carbonyl (C=O) groups is 4. The first kappa shape index (κ1) is 30.3. The summed E-state index contributed by atoms with van der Waals surface area (Å²) in [5.41, 5.74) is 17.3. The smallest absolute Gasteiger partial charge is 0.326 e. The molecular weight excluding hydrogens is 498 g/mol. The molecule has 1 aromatic rings. The van der Waals surface area contributed by atoms with E-state index in [9.17, 15) is 34.5 Å². The summed E-state index contributed by atoms with van der Waals surface area (Å²) in [6.45, 7) is 1.74. The molecule has 0 radical (unpaired) electrons. The van der Waals surface area contributed by atoms with Crippen molar-refractivity contribution in [3.05, 3.63) is 29.8 Å². The Balaban J connectivity index is 2.02. The average Bonchev–Trinajstić information content (AvgIpc) is 3.34. The van der Waals surface area contributed by atoms with Crippen LogP contribution in [0.25, 0.3) is 0 Å². The molecule has 38 heavy (non-hydrogen) atoms. The minimum atomic E-state index is -1.45. The lowest BCUT2D eigenvalue weighted by Crippen LogP contribution is -2.59. The molecule has 0 aromatic heterocycles. The number of carbonyl (C=O) groups excluding carboxylic acids is 3. The minimum absolute atomic E-state index is 0.0160. The number of phenols is 1. The van der Waals surface area contributed by atoms with E-state index in [1.807, 2.05) is 0 Å². The quantitative estimate of drug-likeness (QED) is 0.0765. The second-order valence-electron chi connectivity index (χ2n) is 9.24. The van der Waals surface area contributed by atoms with Gasteiger partial charge in [0.2, 0.25) is 17.7 Å². The predicted molar refractivity (Wildman–Crippen MR) is 138 cm³/mol. The second kappa shape index (κ2) is 14.1. The molecule has 210 valence electrons. The number of aliphatic imine (C=N–C) groups is 1. The number of nitrogens with two attached hydrogens (primary N) is 3. The van der Waals surface area contributed by atoms with Gasteiger partial charge in [0, 0.05) is 13.1 Å². The van der Waals surface area contributed by atoms with E-state index in [0.29, 0.717) is 19.4 Å². The number of nitrogens with one attached hydrogen (secondary N) is 2. The highest BCUT2D eigenvalue weighted by Gasteiger charge is 2.38. The Bertz CT molecular complexity index is 1010. The maximum atomic E-state index is 13.1. The van der Waals surface area contributed by atoms with Crippen molar-refractivity contribution in [3.63, 3.8) is 0 Å². The number of hydrogen-bond donors (Lipinski definition) is 8. The topological polar surface area (TPSA) is 247 Å². The van der Waals surface area contributed by atoms with Crippen molar-refractivity contribution >= 4 is 29.7 Å². The van der Waals surface area contributed by atoms with E-state index < -0.39 is 54.0 Å². The van der Waals surface area contributed by atoms with E-state index in [-0.39, 0.29) is 37.5 Å². The van der Waals surface area contributed by atoms with Crippen LogP contribution in [0, 0.1) is 0 Å². The van der Waals surface area contributed by atoms with Gasteiger partial charge in [0.25, 0.3) is 0 Å². The van der Waals surface area contributed by atoms with Crippen molar-refractivity contribution in [3.8, 4) is 5.75 Å². The van der Waals surface area contributed by atoms with Crippen LogP contribution < -0.4 is 27.8 Å². The number of aromatic hydroxyl groups is 1. The Hall–Kier alpha value is -3.91. The van der Waals surface area contributed by atoms with Crippen molar-refractivity contribution in [1.29, 1.82) is 0 Å². The van der Waals surface area contributed by atoms with E-state index in [1.54, 1.807) is 12.1 Å². The normalized spacial score (nSPS) is 18.1. The number of aliphatic hydroxyl groups is 1. The first-order valence-electron chi connectivity index (χ1n) is 12.3. The Morgan fingerprint density at radius 3 is 2.39 bits per heavy atom. The largest absolute Gasteiger partial charge is 0.508 e. The Kier molecular flexibility index (Phi) is 11.3. The predicted octanol–water partition coefficient (Wildman–Crippen LogP) is -2.26. The van der Waals surface area contributed by atoms with Gasteiger partial charge in [-0.2, -0.15) is 0 Å². The number of phenolic OH excluding ortho intramolecular Hbond substituents is 1. The van der Waals surface area contributed by atoms with Crippen LogP contribution in [0.4, 0.5) is 0 Å². The van der Waals surface area contributed by atoms with Gasteiger partial charge in [0.05, 0.1) is 12.1 Å². The van der Waals surface area contributed by atoms with Crippen LogP contribution in [0.2, 0.25) is 0 Å². The van der Waals surface area contributed by atoms with Gasteiger partial charge >= 0.3 is 5.97 Å². The standard InChI is InChI=1S/C24H37N7O7/c1-13(32)19(21(35)29-17(23(37)38)4-2-10-28-24(26)27)30-20(34)18-5-3-11-31(18)22(36)16(25)12-14-6-8-15(33)9-7-14/h6-9,13,16-19,32-33H,2-5,10-12,25H2,1H3,(H,29,35)(H,30,34)(H,37,38)(H4,26,27,28). The summed E-state index contributed by atoms with van der Waals surface area (Å²) in [4.78, 5) is 55.6. The fraction of sp³-hybridized carbons (Fsp3) is 0.542. The molecule has 2 rings (SSSR count). The zero-order valence-electron chi connectivity index (χ0n) is 21.2. The van der Waals surface area contributed by atoms with Crippen molar-refractivity contribution in [2.24, 2.45) is 22.2 Å². The average molecular weight is 536 g/mol. The number of guanidine groups is 1. The highest BCUT2D eigenvalue weighted by Crippen LogP contribution is 2.20. The number of amides is 3. The van der Waals surface area contributed by atoms with Gasteiger partial charge < -0.3 is 48.1 Å². The van der Waals surface area contributed by atoms with Crippen LogP contribution in [0.5, 0.6) is 5.75 Å². The molecule has 3 amide bonds. The monoisotopic (exact) mass is 535 g/mol. The van der Waals surface area contributed by atoms with Gasteiger partial charge in [-0.15, -0.1) is 0 Å². The molecule has 5 unspecified atom stereocenters. The van der Waals surface area contributed by atoms with E-state index in [0.717, 1.165) is 5.56 Å². The Labute approximate surface area is 220 Å². The summed E-state index contributed by atoms with van der Waals surface area (Å²) in [6, 6.07) is 1.68.